The van der Waals surface area contributed by atoms with E-state index in [0.29, 0.717) is 31.7 Å². The third kappa shape index (κ3) is 5.29. The number of hydrogen-bond acceptors (Lipinski definition) is 3. The minimum absolute atomic E-state index is 0.0554. The van der Waals surface area contributed by atoms with E-state index in [2.05, 4.69) is 25.8 Å². The highest BCUT2D eigenvalue weighted by atomic mass is 79.9. The normalized spacial score (nSPS) is 16.2. The molecule has 3 rings (SSSR count). The van der Waals surface area contributed by atoms with Crippen molar-refractivity contribution in [1.82, 2.24) is 14.8 Å². The van der Waals surface area contributed by atoms with Crippen molar-refractivity contribution in [2.75, 3.05) is 26.2 Å². The highest BCUT2D eigenvalue weighted by Crippen LogP contribution is 2.29. The molecule has 0 bridgehead atoms. The first-order valence-electron chi connectivity index (χ1n) is 8.61. The van der Waals surface area contributed by atoms with Crippen LogP contribution in [0.25, 0.3) is 0 Å². The lowest BCUT2D eigenvalue weighted by Gasteiger charge is -2.22. The van der Waals surface area contributed by atoms with E-state index in [-0.39, 0.29) is 5.91 Å². The quantitative estimate of drug-likeness (QED) is 0.715. The highest BCUT2D eigenvalue weighted by molar-refractivity contribution is 9.10. The summed E-state index contributed by atoms with van der Waals surface area (Å²) < 4.78 is 38.7. The molecule has 8 heteroatoms. The molecule has 0 atom stereocenters. The fourth-order valence-corrected chi connectivity index (χ4v) is 3.47. The Morgan fingerprint density at radius 2 is 1.81 bits per heavy atom. The van der Waals surface area contributed by atoms with E-state index in [1.165, 1.54) is 12.1 Å². The Balaban J connectivity index is 1.59. The van der Waals surface area contributed by atoms with Crippen molar-refractivity contribution in [3.05, 3.63) is 63.9 Å². The number of halogens is 4. The van der Waals surface area contributed by atoms with Gasteiger partial charge in [-0.15, -0.1) is 0 Å². The molecule has 1 amide bonds. The Hall–Kier alpha value is -1.93. The van der Waals surface area contributed by atoms with E-state index in [1.54, 1.807) is 23.4 Å². The smallest absolute Gasteiger partial charge is 0.337 e. The number of aromatic nitrogens is 1. The third-order valence-electron chi connectivity index (χ3n) is 4.52. The van der Waals surface area contributed by atoms with Gasteiger partial charge in [-0.2, -0.15) is 13.2 Å². The van der Waals surface area contributed by atoms with Gasteiger partial charge in [0, 0.05) is 49.6 Å². The Bertz CT molecular complexity index is 796. The van der Waals surface area contributed by atoms with Crippen LogP contribution in [0.2, 0.25) is 0 Å². The molecule has 0 unspecified atom stereocenters. The highest BCUT2D eigenvalue weighted by Gasteiger charge is 2.30. The molecular formula is C19H19BrF3N3O. The molecule has 2 heterocycles. The van der Waals surface area contributed by atoms with Gasteiger partial charge in [0.25, 0.3) is 5.91 Å². The van der Waals surface area contributed by atoms with Gasteiger partial charge in [0.1, 0.15) is 0 Å². The molecule has 0 radical (unpaired) electrons. The van der Waals surface area contributed by atoms with Crippen LogP contribution in [-0.4, -0.2) is 46.9 Å². The zero-order valence-electron chi connectivity index (χ0n) is 14.5. The molecule has 0 N–H and O–H groups in total. The van der Waals surface area contributed by atoms with Gasteiger partial charge in [0.2, 0.25) is 0 Å². The summed E-state index contributed by atoms with van der Waals surface area (Å²) in [5.41, 5.74) is 0.737. The number of carbonyl (C=O) groups excluding carboxylic acids is 1. The monoisotopic (exact) mass is 441 g/mol. The maximum Gasteiger partial charge on any atom is 0.416 e. The Morgan fingerprint density at radius 1 is 1.07 bits per heavy atom. The summed E-state index contributed by atoms with van der Waals surface area (Å²) in [6.45, 7) is 3.26. The maximum atomic E-state index is 12.7. The molecule has 27 heavy (non-hydrogen) atoms. The number of rotatable bonds is 3. The summed E-state index contributed by atoms with van der Waals surface area (Å²) in [5.74, 6) is -0.0554. The van der Waals surface area contributed by atoms with Crippen molar-refractivity contribution >= 4 is 21.8 Å². The van der Waals surface area contributed by atoms with Gasteiger partial charge in [-0.3, -0.25) is 14.7 Å². The number of pyridine rings is 1. The van der Waals surface area contributed by atoms with Crippen molar-refractivity contribution in [3.8, 4) is 0 Å². The van der Waals surface area contributed by atoms with Crippen LogP contribution in [0.3, 0.4) is 0 Å². The molecule has 1 aromatic carbocycles. The summed E-state index contributed by atoms with van der Waals surface area (Å²) in [4.78, 5) is 20.6. The average Bonchev–Trinajstić information content (AvgIpc) is 2.86. The minimum Gasteiger partial charge on any atom is -0.337 e. The predicted octanol–water partition coefficient (Wildman–Crippen LogP) is 4.21. The molecule has 1 aromatic heterocycles. The van der Waals surface area contributed by atoms with Gasteiger partial charge in [0.05, 0.1) is 11.1 Å². The molecule has 0 spiro atoms. The topological polar surface area (TPSA) is 36.4 Å². The SMILES string of the molecule is O=C(c1cncc(Br)c1)N1CCCN(Cc2ccc(C(F)(F)F)cc2)CC1. The molecule has 1 aliphatic rings. The predicted molar refractivity (Wildman–Crippen MR) is 99.2 cm³/mol. The summed E-state index contributed by atoms with van der Waals surface area (Å²) in [7, 11) is 0. The van der Waals surface area contributed by atoms with Crippen LogP contribution in [-0.2, 0) is 12.7 Å². The first-order valence-corrected chi connectivity index (χ1v) is 9.40. The number of alkyl halides is 3. The lowest BCUT2D eigenvalue weighted by molar-refractivity contribution is -0.137. The molecule has 1 aliphatic heterocycles. The summed E-state index contributed by atoms with van der Waals surface area (Å²) in [6.07, 6.45) is -0.319. The summed E-state index contributed by atoms with van der Waals surface area (Å²) in [6, 6.07) is 7.01. The fraction of sp³-hybridized carbons (Fsp3) is 0.368. The number of benzene rings is 1. The molecule has 2 aromatic rings. The zero-order chi connectivity index (χ0) is 19.4. The number of amides is 1. The van der Waals surface area contributed by atoms with E-state index in [9.17, 15) is 18.0 Å². The van der Waals surface area contributed by atoms with Crippen molar-refractivity contribution in [1.29, 1.82) is 0 Å². The molecule has 0 aliphatic carbocycles. The standard InChI is InChI=1S/C19H19BrF3N3O/c20-17-10-15(11-24-12-17)18(27)26-7-1-6-25(8-9-26)13-14-2-4-16(5-3-14)19(21,22)23/h2-5,10-12H,1,6-9,13H2. The van der Waals surface area contributed by atoms with Gasteiger partial charge in [-0.1, -0.05) is 12.1 Å². The first-order chi connectivity index (χ1) is 12.8. The van der Waals surface area contributed by atoms with E-state index in [4.69, 9.17) is 0 Å². The lowest BCUT2D eigenvalue weighted by atomic mass is 10.1. The van der Waals surface area contributed by atoms with Gasteiger partial charge >= 0.3 is 6.18 Å². The van der Waals surface area contributed by atoms with Crippen LogP contribution in [0.5, 0.6) is 0 Å². The fourth-order valence-electron chi connectivity index (χ4n) is 3.10. The second-order valence-electron chi connectivity index (χ2n) is 6.51. The molecular weight excluding hydrogens is 423 g/mol. The van der Waals surface area contributed by atoms with Crippen molar-refractivity contribution in [2.45, 2.75) is 19.1 Å². The minimum atomic E-state index is -4.32. The van der Waals surface area contributed by atoms with Gasteiger partial charge in [0.15, 0.2) is 0 Å². The van der Waals surface area contributed by atoms with E-state index in [0.717, 1.165) is 35.1 Å². The van der Waals surface area contributed by atoms with Crippen LogP contribution in [0.15, 0.2) is 47.2 Å². The summed E-state index contributed by atoms with van der Waals surface area (Å²) >= 11 is 3.32. The Kier molecular flexibility index (Phi) is 6.16. The third-order valence-corrected chi connectivity index (χ3v) is 4.95. The van der Waals surface area contributed by atoms with Gasteiger partial charge in [-0.25, -0.2) is 0 Å². The Morgan fingerprint density at radius 3 is 2.48 bits per heavy atom. The molecule has 144 valence electrons. The van der Waals surface area contributed by atoms with Crippen molar-refractivity contribution in [3.63, 3.8) is 0 Å². The summed E-state index contributed by atoms with van der Waals surface area (Å²) in [5, 5.41) is 0. The van der Waals surface area contributed by atoms with Gasteiger partial charge in [-0.05, 0) is 46.1 Å². The van der Waals surface area contributed by atoms with Crippen LogP contribution in [0.1, 0.15) is 27.9 Å². The van der Waals surface area contributed by atoms with Crippen LogP contribution in [0, 0.1) is 0 Å². The lowest BCUT2D eigenvalue weighted by Crippen LogP contribution is -2.35. The molecule has 4 nitrogen and oxygen atoms in total. The number of hydrogen-bond donors (Lipinski definition) is 0. The van der Waals surface area contributed by atoms with Crippen LogP contribution < -0.4 is 0 Å². The number of carbonyl (C=O) groups is 1. The van der Waals surface area contributed by atoms with Crippen LogP contribution in [0.4, 0.5) is 13.2 Å². The van der Waals surface area contributed by atoms with Crippen molar-refractivity contribution < 1.29 is 18.0 Å². The first kappa shape index (κ1) is 19.8. The average molecular weight is 442 g/mol. The second-order valence-corrected chi connectivity index (χ2v) is 7.42. The second kappa shape index (κ2) is 8.39. The maximum absolute atomic E-state index is 12.7. The molecule has 1 saturated heterocycles. The van der Waals surface area contributed by atoms with E-state index >= 15 is 0 Å². The van der Waals surface area contributed by atoms with Gasteiger partial charge < -0.3 is 4.90 Å². The van der Waals surface area contributed by atoms with Crippen LogP contribution >= 0.6 is 15.9 Å². The van der Waals surface area contributed by atoms with E-state index < -0.39 is 11.7 Å². The zero-order valence-corrected chi connectivity index (χ0v) is 16.1. The Labute approximate surface area is 164 Å². The number of nitrogens with zero attached hydrogens (tertiary/aromatic N) is 3. The largest absolute Gasteiger partial charge is 0.416 e. The van der Waals surface area contributed by atoms with Crippen molar-refractivity contribution in [2.24, 2.45) is 0 Å². The van der Waals surface area contributed by atoms with E-state index in [1.807, 2.05) is 0 Å². The molecule has 1 fully saturated rings. The molecule has 0 saturated carbocycles.